The summed E-state index contributed by atoms with van der Waals surface area (Å²) in [4.78, 5) is 17.1. The summed E-state index contributed by atoms with van der Waals surface area (Å²) in [5.74, 6) is 1.36. The van der Waals surface area contributed by atoms with Crippen molar-refractivity contribution in [2.24, 2.45) is 10.4 Å². The van der Waals surface area contributed by atoms with Gasteiger partial charge in [-0.05, 0) is 49.8 Å². The lowest BCUT2D eigenvalue weighted by atomic mass is 9.83. The fourth-order valence-corrected chi connectivity index (χ4v) is 3.74. The van der Waals surface area contributed by atoms with Crippen molar-refractivity contribution in [3.05, 3.63) is 29.8 Å². The molecule has 0 heterocycles. The van der Waals surface area contributed by atoms with Gasteiger partial charge < -0.3 is 25.4 Å². The Labute approximate surface area is 197 Å². The third-order valence-electron chi connectivity index (χ3n) is 5.45. The van der Waals surface area contributed by atoms with Crippen molar-refractivity contribution in [3.63, 3.8) is 0 Å². The predicted molar refractivity (Wildman–Crippen MR) is 132 cm³/mol. The minimum absolute atomic E-state index is 0. The average molecular weight is 532 g/mol. The van der Waals surface area contributed by atoms with Crippen LogP contribution in [0.25, 0.3) is 0 Å². The number of benzene rings is 1. The number of nitrogens with zero attached hydrogens (tertiary/aromatic N) is 1. The normalized spacial score (nSPS) is 15.2. The van der Waals surface area contributed by atoms with Crippen molar-refractivity contribution in [1.29, 1.82) is 0 Å². The molecule has 1 saturated carbocycles. The van der Waals surface area contributed by atoms with Gasteiger partial charge in [0.15, 0.2) is 5.96 Å². The summed E-state index contributed by atoms with van der Waals surface area (Å²) in [5, 5.41) is 9.53. The second-order valence-electron chi connectivity index (χ2n) is 7.56. The van der Waals surface area contributed by atoms with Gasteiger partial charge in [0.1, 0.15) is 5.75 Å². The summed E-state index contributed by atoms with van der Waals surface area (Å²) in [6, 6.07) is 7.14. The quantitative estimate of drug-likeness (QED) is 0.177. The largest absolute Gasteiger partial charge is 0.497 e. The van der Waals surface area contributed by atoms with E-state index in [-0.39, 0.29) is 35.3 Å². The van der Waals surface area contributed by atoms with Crippen molar-refractivity contribution in [1.82, 2.24) is 16.0 Å². The molecule has 3 N–H and O–H groups in total. The van der Waals surface area contributed by atoms with E-state index in [2.05, 4.69) is 22.9 Å². The fraction of sp³-hybridized carbons (Fsp3) is 0.636. The number of aliphatic imine (C=N–C) groups is 1. The zero-order valence-corrected chi connectivity index (χ0v) is 20.8. The molecule has 0 unspecified atom stereocenters. The topological polar surface area (TPSA) is 84.0 Å². The first-order valence-corrected chi connectivity index (χ1v) is 10.6. The van der Waals surface area contributed by atoms with Gasteiger partial charge in [-0.25, -0.2) is 0 Å². The lowest BCUT2D eigenvalue weighted by molar-refractivity contribution is 0.0954. The SMILES string of the molecule is CCNC(=NCC1(CCOC)CCCC1)NCCNC(=O)c1cccc(OC)c1.I. The molecule has 0 aromatic heterocycles. The molecule has 1 fully saturated rings. The van der Waals surface area contributed by atoms with E-state index in [1.807, 2.05) is 12.1 Å². The number of rotatable bonds is 11. The number of nitrogens with one attached hydrogen (secondary N) is 3. The second kappa shape index (κ2) is 14.5. The Morgan fingerprint density at radius 1 is 1.13 bits per heavy atom. The van der Waals surface area contributed by atoms with Crippen LogP contribution in [0.3, 0.4) is 0 Å². The number of ether oxygens (including phenoxy) is 2. The maximum atomic E-state index is 12.3. The molecule has 2 rings (SSSR count). The maximum absolute atomic E-state index is 12.3. The Hall–Kier alpha value is -1.55. The summed E-state index contributed by atoms with van der Waals surface area (Å²) in [7, 11) is 3.35. The monoisotopic (exact) mass is 532 g/mol. The van der Waals surface area contributed by atoms with E-state index in [1.165, 1.54) is 25.7 Å². The van der Waals surface area contributed by atoms with Crippen LogP contribution in [-0.4, -0.2) is 58.9 Å². The Morgan fingerprint density at radius 2 is 1.87 bits per heavy atom. The summed E-state index contributed by atoms with van der Waals surface area (Å²) in [5.41, 5.74) is 0.852. The zero-order valence-electron chi connectivity index (χ0n) is 18.5. The summed E-state index contributed by atoms with van der Waals surface area (Å²) >= 11 is 0. The second-order valence-corrected chi connectivity index (χ2v) is 7.56. The van der Waals surface area contributed by atoms with Gasteiger partial charge in [0, 0.05) is 45.5 Å². The van der Waals surface area contributed by atoms with Crippen molar-refractivity contribution < 1.29 is 14.3 Å². The number of guanidine groups is 1. The Morgan fingerprint density at radius 3 is 2.53 bits per heavy atom. The number of methoxy groups -OCH3 is 2. The summed E-state index contributed by atoms with van der Waals surface area (Å²) in [6.07, 6.45) is 6.05. The summed E-state index contributed by atoms with van der Waals surface area (Å²) < 4.78 is 10.5. The molecule has 8 heteroatoms. The number of amides is 1. The van der Waals surface area contributed by atoms with Crippen LogP contribution in [0.5, 0.6) is 5.75 Å². The number of halogens is 1. The fourth-order valence-electron chi connectivity index (χ4n) is 3.74. The van der Waals surface area contributed by atoms with Crippen molar-refractivity contribution >= 4 is 35.8 Å². The van der Waals surface area contributed by atoms with E-state index < -0.39 is 0 Å². The van der Waals surface area contributed by atoms with Gasteiger partial charge in [0.05, 0.1) is 7.11 Å². The standard InChI is InChI=1S/C22H36N4O3.HI/c1-4-23-21(26-17-22(12-15-28-2)10-5-6-11-22)25-14-13-24-20(27)18-8-7-9-19(16-18)29-3;/h7-9,16H,4-6,10-15,17H2,1-3H3,(H,24,27)(H2,23,25,26);1H. The van der Waals surface area contributed by atoms with Gasteiger partial charge in [-0.1, -0.05) is 18.9 Å². The predicted octanol–water partition coefficient (Wildman–Crippen LogP) is 3.20. The third-order valence-corrected chi connectivity index (χ3v) is 5.45. The van der Waals surface area contributed by atoms with Crippen molar-refractivity contribution in [2.75, 3.05) is 47.0 Å². The molecule has 0 aliphatic heterocycles. The molecule has 1 amide bonds. The number of hydrogen-bond donors (Lipinski definition) is 3. The summed E-state index contributed by atoms with van der Waals surface area (Å²) in [6.45, 7) is 5.56. The smallest absolute Gasteiger partial charge is 0.251 e. The first-order chi connectivity index (χ1) is 14.1. The first-order valence-electron chi connectivity index (χ1n) is 10.6. The molecule has 1 aromatic rings. The number of hydrogen-bond acceptors (Lipinski definition) is 4. The molecule has 7 nitrogen and oxygen atoms in total. The number of carbonyl (C=O) groups is 1. The highest BCUT2D eigenvalue weighted by atomic mass is 127. The van der Waals surface area contributed by atoms with Gasteiger partial charge in [-0.15, -0.1) is 24.0 Å². The molecule has 0 radical (unpaired) electrons. The Balaban J connectivity index is 0.00000450. The highest BCUT2D eigenvalue weighted by Gasteiger charge is 2.33. The van der Waals surface area contributed by atoms with Crippen LogP contribution >= 0.6 is 24.0 Å². The van der Waals surface area contributed by atoms with E-state index in [4.69, 9.17) is 14.5 Å². The lowest BCUT2D eigenvalue weighted by Gasteiger charge is -2.27. The Kier molecular flexibility index (Phi) is 12.8. The van der Waals surface area contributed by atoms with Crippen LogP contribution in [0.2, 0.25) is 0 Å². The highest BCUT2D eigenvalue weighted by molar-refractivity contribution is 14.0. The van der Waals surface area contributed by atoms with Crippen LogP contribution in [0.15, 0.2) is 29.3 Å². The molecule has 170 valence electrons. The van der Waals surface area contributed by atoms with Crippen LogP contribution in [0.4, 0.5) is 0 Å². The van der Waals surface area contributed by atoms with Crippen molar-refractivity contribution in [3.8, 4) is 5.75 Å². The number of carbonyl (C=O) groups excluding carboxylic acids is 1. The molecular weight excluding hydrogens is 495 g/mol. The zero-order chi connectivity index (χ0) is 21.0. The third kappa shape index (κ3) is 8.67. The van der Waals surface area contributed by atoms with Crippen LogP contribution in [0, 0.1) is 5.41 Å². The highest BCUT2D eigenvalue weighted by Crippen LogP contribution is 2.41. The minimum atomic E-state index is -0.114. The van der Waals surface area contributed by atoms with E-state index in [0.717, 1.165) is 32.1 Å². The van der Waals surface area contributed by atoms with E-state index >= 15 is 0 Å². The van der Waals surface area contributed by atoms with Gasteiger partial charge >= 0.3 is 0 Å². The van der Waals surface area contributed by atoms with E-state index in [0.29, 0.717) is 24.4 Å². The average Bonchev–Trinajstić information content (AvgIpc) is 3.22. The molecule has 0 spiro atoms. The Bertz CT molecular complexity index is 664. The minimum Gasteiger partial charge on any atom is -0.497 e. The lowest BCUT2D eigenvalue weighted by Crippen LogP contribution is -2.42. The van der Waals surface area contributed by atoms with E-state index in [1.54, 1.807) is 26.4 Å². The molecular formula is C22H37IN4O3. The molecule has 0 saturated heterocycles. The van der Waals surface area contributed by atoms with Crippen LogP contribution < -0.4 is 20.7 Å². The van der Waals surface area contributed by atoms with Gasteiger partial charge in [0.25, 0.3) is 5.91 Å². The van der Waals surface area contributed by atoms with Gasteiger partial charge in [0.2, 0.25) is 0 Å². The van der Waals surface area contributed by atoms with Crippen LogP contribution in [-0.2, 0) is 4.74 Å². The molecule has 1 aromatic carbocycles. The van der Waals surface area contributed by atoms with Crippen molar-refractivity contribution in [2.45, 2.75) is 39.0 Å². The van der Waals surface area contributed by atoms with E-state index in [9.17, 15) is 4.79 Å². The molecule has 0 atom stereocenters. The van der Waals surface area contributed by atoms with Gasteiger partial charge in [-0.3, -0.25) is 9.79 Å². The molecule has 0 bridgehead atoms. The first kappa shape index (κ1) is 26.5. The molecule has 1 aliphatic carbocycles. The van der Waals surface area contributed by atoms with Gasteiger partial charge in [-0.2, -0.15) is 0 Å². The molecule has 1 aliphatic rings. The molecule has 30 heavy (non-hydrogen) atoms. The van der Waals surface area contributed by atoms with Crippen LogP contribution in [0.1, 0.15) is 49.4 Å². The maximum Gasteiger partial charge on any atom is 0.251 e.